The molecular weight excluding hydrogens is 1580 g/mol. The monoisotopic (exact) mass is 1700 g/mol. The van der Waals surface area contributed by atoms with Gasteiger partial charge in [0.2, 0.25) is 82.7 Å². The summed E-state index contributed by atoms with van der Waals surface area (Å²) in [6.45, 7) is 0.702. The number of hydrogen-bond donors (Lipinski definition) is 36. The fourth-order valence-electron chi connectivity index (χ4n) is 11.4. The van der Waals surface area contributed by atoms with Crippen molar-refractivity contribution in [3.63, 3.8) is 0 Å². The number of benzene rings is 1. The van der Waals surface area contributed by atoms with Gasteiger partial charge in [0, 0.05) is 64.8 Å². The molecule has 0 spiro atoms. The Bertz CT molecular complexity index is 3550. The van der Waals surface area contributed by atoms with E-state index in [1.165, 1.54) is 31.2 Å². The van der Waals surface area contributed by atoms with Gasteiger partial charge in [-0.25, -0.2) is 0 Å². The van der Waals surface area contributed by atoms with Crippen LogP contribution < -0.4 is 153 Å². The number of nitrogens with two attached hydrogens (primary N) is 10. The van der Waals surface area contributed by atoms with E-state index in [-0.39, 0.29) is 179 Å². The smallest absolute Gasteiger partial charge is 0.244 e. The van der Waals surface area contributed by atoms with E-state index >= 15 is 0 Å². The highest BCUT2D eigenvalue weighted by molar-refractivity contribution is 7.80. The zero-order valence-corrected chi connectivity index (χ0v) is 67.9. The third-order valence-corrected chi connectivity index (χ3v) is 17.9. The molecule has 668 valence electrons. The van der Waals surface area contributed by atoms with Gasteiger partial charge in [-0.3, -0.25) is 99.6 Å². The van der Waals surface area contributed by atoms with Crippen LogP contribution in [0.3, 0.4) is 0 Å². The van der Waals surface area contributed by atoms with Crippen molar-refractivity contribution >= 4 is 131 Å². The number of aromatic hydroxyl groups is 1. The lowest BCUT2D eigenvalue weighted by atomic mass is 10.0. The molecule has 0 saturated carbocycles. The highest BCUT2D eigenvalue weighted by Gasteiger charge is 2.37. The molecule has 11 atom stereocenters. The minimum absolute atomic E-state index is 0.00393. The summed E-state index contributed by atoms with van der Waals surface area (Å²) in [4.78, 5) is 195. The summed E-state index contributed by atoms with van der Waals surface area (Å²) in [5.74, 6) is -15.8. The highest BCUT2D eigenvalue weighted by atomic mass is 32.1. The van der Waals surface area contributed by atoms with Crippen molar-refractivity contribution in [3.8, 4) is 5.75 Å². The molecule has 0 saturated heterocycles. The molecule has 0 fully saturated rings. The summed E-state index contributed by atoms with van der Waals surface area (Å²) in [6.07, 6.45) is -1.26. The van der Waals surface area contributed by atoms with Crippen molar-refractivity contribution in [2.75, 3.05) is 64.7 Å². The maximum Gasteiger partial charge on any atom is 0.244 e. The normalized spacial score (nSPS) is 13.5. The number of hydrogen-bond acceptors (Lipinski definition) is 24. The molecule has 0 aliphatic carbocycles. The summed E-state index contributed by atoms with van der Waals surface area (Å²) in [6, 6.07) is -10.7. The van der Waals surface area contributed by atoms with Crippen LogP contribution in [0.1, 0.15) is 141 Å². The third kappa shape index (κ3) is 48.0. The molecule has 119 heavy (non-hydrogen) atoms. The Morgan fingerprint density at radius 3 is 0.857 bits per heavy atom. The van der Waals surface area contributed by atoms with Crippen molar-refractivity contribution in [3.05, 3.63) is 29.8 Å². The molecule has 14 amide bonds. The van der Waals surface area contributed by atoms with Crippen LogP contribution in [0.25, 0.3) is 0 Å². The van der Waals surface area contributed by atoms with E-state index in [0.717, 1.165) is 0 Å². The average molecular weight is 1700 g/mol. The van der Waals surface area contributed by atoms with Crippen molar-refractivity contribution in [1.29, 1.82) is 32.5 Å². The minimum atomic E-state index is -1.75. The summed E-state index contributed by atoms with van der Waals surface area (Å²) in [7, 11) is 0. The van der Waals surface area contributed by atoms with E-state index in [1.54, 1.807) is 0 Å². The SMILES string of the molecule is CC(=O)N[C@H](CS)C(=O)N[C@H](Cc1ccc(O)cc1)C(=O)NCC(=O)N[C@H](CCCNC(=N)N)C(=O)N[C@H](CCCCN)C(=O)N[C@H](CCCCN)C(=O)N[C@H](CCCNC(=N)N)C(=O)N[C@H](CCCNC(=N)N)C(=O)N[C@H](CCC(N)=O)C(=O)N[C@H](CCCNC(=N)N)C(=O)N[C@H](CCCNC(=N)N)C(=O)N[C@H](CCCNC(=N)N)C(N)=O. The number of amides is 14. The number of phenols is 1. The fraction of sp³-hybridized carbons (Fsp3) is 0.623. The first-order valence-electron chi connectivity index (χ1n) is 38.7. The Hall–Kier alpha value is -12.5. The van der Waals surface area contributed by atoms with Crippen molar-refractivity contribution in [1.82, 2.24) is 95.7 Å². The summed E-state index contributed by atoms with van der Waals surface area (Å²) in [5.41, 5.74) is 56.4. The molecule has 1 aromatic rings. The van der Waals surface area contributed by atoms with E-state index < -0.39 is 198 Å². The molecule has 0 radical (unpaired) electrons. The number of phenolic OH excluding ortho intramolecular Hbond substituents is 1. The predicted molar refractivity (Wildman–Crippen MR) is 444 cm³/mol. The zero-order chi connectivity index (χ0) is 89.5. The van der Waals surface area contributed by atoms with E-state index in [4.69, 9.17) is 89.8 Å². The molecular formula is C69H126N34O15S. The Labute approximate surface area is 694 Å². The van der Waals surface area contributed by atoms with Gasteiger partial charge in [0.15, 0.2) is 35.8 Å². The van der Waals surface area contributed by atoms with Crippen LogP contribution in [0.2, 0.25) is 0 Å². The first-order valence-corrected chi connectivity index (χ1v) is 39.4. The lowest BCUT2D eigenvalue weighted by Crippen LogP contribution is -2.60. The molecule has 1 rings (SSSR count). The van der Waals surface area contributed by atoms with E-state index in [2.05, 4.69) is 108 Å². The Kier molecular flexibility index (Phi) is 52.0. The number of unbranched alkanes of at least 4 members (excludes halogenated alkanes) is 2. The number of carbonyl (C=O) groups is 14. The standard InChI is InChI=1S/C69H126N34O15S/c1-37(104)93-50(36-119)63(118)103-49(34-38-20-22-39(105)23-21-38)54(109)92-35-52(107)94-41(15-7-29-87-65(76)77)55(110)96-42(12-2-4-26-70)57(112)97-43(13-3-5-27-71)58(113)99-45(17-9-31-89-67(80)81)59(114)100-47(19-11-33-91-69(84)85)61(116)102-48(24-25-51(72)106)62(117)101-46(18-10-32-90-68(82)83)60(115)98-44(16-8-30-88-66(78)79)56(111)95-40(53(73)108)14-6-28-86-64(74)75/h20-23,40-50,105,119H,2-19,24-36,70-71H2,1H3,(H2,72,106)(H2,73,108)(H,92,109)(H,93,104)(H,94,107)(H,95,111)(H,96,110)(H,97,112)(H,98,115)(H,99,113)(H,100,114)(H,101,117)(H,102,116)(H,103,118)(H4,74,75,86)(H4,76,77,87)(H4,78,79,88)(H4,80,81,89)(H4,82,83,90)(H4,84,85,91)/t40-,41-,42-,43-,44-,45-,46-,47-,48-,49-,50-/m1/s1. The van der Waals surface area contributed by atoms with Crippen molar-refractivity contribution in [2.45, 2.75) is 208 Å². The Morgan fingerprint density at radius 1 is 0.328 bits per heavy atom. The van der Waals surface area contributed by atoms with Crippen LogP contribution >= 0.6 is 12.6 Å². The Morgan fingerprint density at radius 2 is 0.588 bits per heavy atom. The van der Waals surface area contributed by atoms with Gasteiger partial charge in [0.05, 0.1) is 6.54 Å². The maximum atomic E-state index is 14.9. The lowest BCUT2D eigenvalue weighted by Gasteiger charge is -2.28. The first-order chi connectivity index (χ1) is 56.3. The second kappa shape index (κ2) is 59.2. The molecule has 0 bridgehead atoms. The van der Waals surface area contributed by atoms with Gasteiger partial charge in [-0.05, 0) is 153 Å². The first kappa shape index (κ1) is 104. The second-order valence-electron chi connectivity index (χ2n) is 27.6. The number of rotatable bonds is 62. The predicted octanol–water partition coefficient (Wildman–Crippen LogP) is -11.1. The zero-order valence-electron chi connectivity index (χ0n) is 67.0. The number of thiol groups is 1. The number of nitrogens with one attached hydrogen (secondary N) is 24. The van der Waals surface area contributed by atoms with Crippen LogP contribution in [-0.4, -0.2) is 255 Å². The van der Waals surface area contributed by atoms with E-state index in [9.17, 15) is 72.2 Å². The summed E-state index contributed by atoms with van der Waals surface area (Å²) in [5, 5.41) is 102. The summed E-state index contributed by atoms with van der Waals surface area (Å²) >= 11 is 4.14. The summed E-state index contributed by atoms with van der Waals surface area (Å²) < 4.78 is 0. The van der Waals surface area contributed by atoms with Crippen LogP contribution in [-0.2, 0) is 73.5 Å². The van der Waals surface area contributed by atoms with Gasteiger partial charge in [0.1, 0.15) is 72.2 Å². The highest BCUT2D eigenvalue weighted by Crippen LogP contribution is 2.15. The van der Waals surface area contributed by atoms with Crippen molar-refractivity contribution in [2.24, 2.45) is 57.3 Å². The molecule has 0 aliphatic heterocycles. The van der Waals surface area contributed by atoms with Gasteiger partial charge in [-0.15, -0.1) is 0 Å². The molecule has 0 heterocycles. The Balaban J connectivity index is 3.93. The fourth-order valence-corrected chi connectivity index (χ4v) is 11.6. The molecule has 50 heteroatoms. The molecule has 0 aromatic heterocycles. The molecule has 49 nitrogen and oxygen atoms in total. The van der Waals surface area contributed by atoms with Gasteiger partial charge in [-0.2, -0.15) is 12.6 Å². The van der Waals surface area contributed by atoms with Crippen LogP contribution in [0.15, 0.2) is 24.3 Å². The second-order valence-corrected chi connectivity index (χ2v) is 27.9. The molecule has 1 aromatic carbocycles. The molecule has 0 aliphatic rings. The molecule has 0 unspecified atom stereocenters. The lowest BCUT2D eigenvalue weighted by molar-refractivity contribution is -0.136. The number of guanidine groups is 6. The van der Waals surface area contributed by atoms with Gasteiger partial charge < -0.3 is 158 Å². The quantitative estimate of drug-likeness (QED) is 0.0125. The van der Waals surface area contributed by atoms with Crippen molar-refractivity contribution < 1.29 is 72.2 Å². The van der Waals surface area contributed by atoms with E-state index in [0.29, 0.717) is 18.4 Å². The third-order valence-electron chi connectivity index (χ3n) is 17.5. The van der Waals surface area contributed by atoms with E-state index in [1.807, 2.05) is 0 Å². The largest absolute Gasteiger partial charge is 0.508 e. The minimum Gasteiger partial charge on any atom is -0.508 e. The maximum absolute atomic E-state index is 14.9. The topological polar surface area (TPSA) is 879 Å². The number of carbonyl (C=O) groups excluding carboxylic acids is 14. The van der Waals surface area contributed by atoms with Gasteiger partial charge in [-0.1, -0.05) is 12.1 Å². The molecule has 45 N–H and O–H groups in total. The average Bonchev–Trinajstić information content (AvgIpc) is 0.859. The van der Waals surface area contributed by atoms with Gasteiger partial charge >= 0.3 is 0 Å². The van der Waals surface area contributed by atoms with Crippen LogP contribution in [0, 0.1) is 32.5 Å². The van der Waals surface area contributed by atoms with Gasteiger partial charge in [0.25, 0.3) is 0 Å². The number of primary amides is 2. The van der Waals surface area contributed by atoms with Crippen LogP contribution in [0.4, 0.5) is 0 Å². The van der Waals surface area contributed by atoms with Crippen LogP contribution in [0.5, 0.6) is 5.75 Å².